The molecule has 0 aliphatic carbocycles. The third-order valence-corrected chi connectivity index (χ3v) is 4.02. The summed E-state index contributed by atoms with van der Waals surface area (Å²) < 4.78 is 0. The van der Waals surface area contributed by atoms with Gasteiger partial charge in [0.2, 0.25) is 0 Å². The van der Waals surface area contributed by atoms with E-state index < -0.39 is 10.7 Å². The van der Waals surface area contributed by atoms with Crippen molar-refractivity contribution < 1.29 is 14.8 Å². The minimum atomic E-state index is -0.667. The summed E-state index contributed by atoms with van der Waals surface area (Å²) in [4.78, 5) is 24.1. The van der Waals surface area contributed by atoms with Gasteiger partial charge in [-0.15, -0.1) is 0 Å². The minimum absolute atomic E-state index is 0.171. The lowest BCUT2D eigenvalue weighted by atomic mass is 9.92. The van der Waals surface area contributed by atoms with Gasteiger partial charge in [-0.25, -0.2) is 0 Å². The number of nitro benzene ring substituents is 1. The quantitative estimate of drug-likeness (QED) is 0.683. The van der Waals surface area contributed by atoms with E-state index in [1.807, 2.05) is 0 Å². The third kappa shape index (κ3) is 3.51. The molecule has 6 nitrogen and oxygen atoms in total. The van der Waals surface area contributed by atoms with Gasteiger partial charge in [-0.1, -0.05) is 19.8 Å². The SMILES string of the molecule is CCCC1CCN(C(=O)c2ccc([N+](=O)[O-])c(O)c2)CC1. The third-order valence-electron chi connectivity index (χ3n) is 4.02. The molecule has 0 atom stereocenters. The van der Waals surface area contributed by atoms with E-state index in [1.165, 1.54) is 24.6 Å². The average molecular weight is 292 g/mol. The van der Waals surface area contributed by atoms with Crippen molar-refractivity contribution in [3.8, 4) is 5.75 Å². The maximum absolute atomic E-state index is 12.3. The number of phenolic OH excluding ortho intramolecular Hbond substituents is 1. The van der Waals surface area contributed by atoms with E-state index in [0.717, 1.165) is 19.3 Å². The molecule has 1 heterocycles. The fourth-order valence-electron chi connectivity index (χ4n) is 2.83. The maximum atomic E-state index is 12.3. The molecule has 0 aromatic heterocycles. The second-order valence-corrected chi connectivity index (χ2v) is 5.48. The van der Waals surface area contributed by atoms with Crippen molar-refractivity contribution in [1.82, 2.24) is 4.90 Å². The van der Waals surface area contributed by atoms with Crippen LogP contribution in [0.3, 0.4) is 0 Å². The Hall–Kier alpha value is -2.11. The van der Waals surface area contributed by atoms with E-state index in [-0.39, 0.29) is 11.6 Å². The van der Waals surface area contributed by atoms with Gasteiger partial charge < -0.3 is 10.0 Å². The number of piperidine rings is 1. The summed E-state index contributed by atoms with van der Waals surface area (Å²) >= 11 is 0. The van der Waals surface area contributed by atoms with Crippen LogP contribution in [0.1, 0.15) is 43.0 Å². The van der Waals surface area contributed by atoms with Crippen LogP contribution in [0.4, 0.5) is 5.69 Å². The molecule has 1 aromatic carbocycles. The van der Waals surface area contributed by atoms with Gasteiger partial charge in [-0.3, -0.25) is 14.9 Å². The summed E-state index contributed by atoms with van der Waals surface area (Å²) in [5.41, 5.74) is -0.0831. The molecular weight excluding hydrogens is 272 g/mol. The van der Waals surface area contributed by atoms with Crippen LogP contribution >= 0.6 is 0 Å². The Bertz CT molecular complexity index is 536. The van der Waals surface area contributed by atoms with Gasteiger partial charge in [-0.05, 0) is 30.9 Å². The highest BCUT2D eigenvalue weighted by molar-refractivity contribution is 5.95. The highest BCUT2D eigenvalue weighted by atomic mass is 16.6. The number of hydrogen-bond donors (Lipinski definition) is 1. The van der Waals surface area contributed by atoms with E-state index in [9.17, 15) is 20.0 Å². The van der Waals surface area contributed by atoms with Crippen molar-refractivity contribution in [3.05, 3.63) is 33.9 Å². The summed E-state index contributed by atoms with van der Waals surface area (Å²) in [6, 6.07) is 3.75. The number of phenols is 1. The molecule has 0 saturated carbocycles. The van der Waals surface area contributed by atoms with Crippen LogP contribution in [0.2, 0.25) is 0 Å². The molecule has 0 bridgehead atoms. The van der Waals surface area contributed by atoms with Crippen molar-refractivity contribution in [3.63, 3.8) is 0 Å². The highest BCUT2D eigenvalue weighted by Crippen LogP contribution is 2.28. The van der Waals surface area contributed by atoms with Gasteiger partial charge >= 0.3 is 5.69 Å². The van der Waals surface area contributed by atoms with Gasteiger partial charge in [-0.2, -0.15) is 0 Å². The number of amides is 1. The Morgan fingerprint density at radius 2 is 2.10 bits per heavy atom. The van der Waals surface area contributed by atoms with Gasteiger partial charge in [0.15, 0.2) is 5.75 Å². The molecule has 1 fully saturated rings. The monoisotopic (exact) mass is 292 g/mol. The molecule has 1 aliphatic rings. The first-order valence-electron chi connectivity index (χ1n) is 7.29. The van der Waals surface area contributed by atoms with Crippen LogP contribution in [0, 0.1) is 16.0 Å². The van der Waals surface area contributed by atoms with Crippen LogP contribution in [0.5, 0.6) is 5.75 Å². The number of likely N-dealkylation sites (tertiary alicyclic amines) is 1. The van der Waals surface area contributed by atoms with Crippen LogP contribution < -0.4 is 0 Å². The number of aromatic hydroxyl groups is 1. The van der Waals surface area contributed by atoms with Crippen molar-refractivity contribution in [2.24, 2.45) is 5.92 Å². The van der Waals surface area contributed by atoms with Crippen LogP contribution in [0.15, 0.2) is 18.2 Å². The van der Waals surface area contributed by atoms with Crippen LogP contribution in [-0.4, -0.2) is 33.9 Å². The van der Waals surface area contributed by atoms with Crippen molar-refractivity contribution >= 4 is 11.6 Å². The Labute approximate surface area is 123 Å². The smallest absolute Gasteiger partial charge is 0.310 e. The van der Waals surface area contributed by atoms with Gasteiger partial charge in [0.25, 0.3) is 5.91 Å². The normalized spacial score (nSPS) is 16.0. The molecule has 0 spiro atoms. The van der Waals surface area contributed by atoms with Gasteiger partial charge in [0, 0.05) is 24.7 Å². The average Bonchev–Trinajstić information content (AvgIpc) is 2.47. The number of nitro groups is 1. The Kier molecular flexibility index (Phi) is 4.77. The van der Waals surface area contributed by atoms with Crippen LogP contribution in [-0.2, 0) is 0 Å². The molecule has 1 saturated heterocycles. The van der Waals surface area contributed by atoms with Crippen LogP contribution in [0.25, 0.3) is 0 Å². The van der Waals surface area contributed by atoms with E-state index >= 15 is 0 Å². The molecule has 1 aliphatic heterocycles. The second-order valence-electron chi connectivity index (χ2n) is 5.48. The zero-order valence-corrected chi connectivity index (χ0v) is 12.1. The molecule has 2 rings (SSSR count). The minimum Gasteiger partial charge on any atom is -0.502 e. The molecule has 21 heavy (non-hydrogen) atoms. The predicted molar refractivity (Wildman–Crippen MR) is 78.3 cm³/mol. The number of carbonyl (C=O) groups excluding carboxylic acids is 1. The number of hydrogen-bond acceptors (Lipinski definition) is 4. The van der Waals surface area contributed by atoms with E-state index in [0.29, 0.717) is 24.6 Å². The summed E-state index contributed by atoms with van der Waals surface area (Å²) in [7, 11) is 0. The van der Waals surface area contributed by atoms with Gasteiger partial charge in [0.05, 0.1) is 4.92 Å². The lowest BCUT2D eigenvalue weighted by Gasteiger charge is -2.32. The molecule has 114 valence electrons. The largest absolute Gasteiger partial charge is 0.502 e. The number of rotatable bonds is 4. The summed E-state index contributed by atoms with van der Waals surface area (Å²) in [6.07, 6.45) is 4.35. The standard InChI is InChI=1S/C15H20N2O4/c1-2-3-11-6-8-16(9-7-11)15(19)12-4-5-13(17(20)21)14(18)10-12/h4-5,10-11,18H,2-3,6-9H2,1H3. The number of benzene rings is 1. The summed E-state index contributed by atoms with van der Waals surface area (Å²) in [5, 5.41) is 20.3. The summed E-state index contributed by atoms with van der Waals surface area (Å²) in [6.45, 7) is 3.58. The molecule has 6 heteroatoms. The Morgan fingerprint density at radius 1 is 1.43 bits per heavy atom. The lowest BCUT2D eigenvalue weighted by Crippen LogP contribution is -2.38. The Balaban J connectivity index is 2.04. The molecule has 0 radical (unpaired) electrons. The second kappa shape index (κ2) is 6.56. The maximum Gasteiger partial charge on any atom is 0.310 e. The highest BCUT2D eigenvalue weighted by Gasteiger charge is 2.24. The molecule has 1 N–H and O–H groups in total. The number of carbonyl (C=O) groups is 1. The number of nitrogens with zero attached hydrogens (tertiary/aromatic N) is 2. The van der Waals surface area contributed by atoms with Crippen molar-refractivity contribution in [2.45, 2.75) is 32.6 Å². The van der Waals surface area contributed by atoms with E-state index in [4.69, 9.17) is 0 Å². The fraction of sp³-hybridized carbons (Fsp3) is 0.533. The Morgan fingerprint density at radius 3 is 2.62 bits per heavy atom. The molecular formula is C15H20N2O4. The van der Waals surface area contributed by atoms with Gasteiger partial charge in [0.1, 0.15) is 0 Å². The topological polar surface area (TPSA) is 83.7 Å². The van der Waals surface area contributed by atoms with Crippen molar-refractivity contribution in [1.29, 1.82) is 0 Å². The lowest BCUT2D eigenvalue weighted by molar-refractivity contribution is -0.385. The summed E-state index contributed by atoms with van der Waals surface area (Å²) in [5.74, 6) is 0.0474. The molecule has 1 amide bonds. The first kappa shape index (κ1) is 15.3. The zero-order valence-electron chi connectivity index (χ0n) is 12.1. The molecule has 1 aromatic rings. The fourth-order valence-corrected chi connectivity index (χ4v) is 2.83. The van der Waals surface area contributed by atoms with E-state index in [1.54, 1.807) is 4.90 Å². The van der Waals surface area contributed by atoms with E-state index in [2.05, 4.69) is 6.92 Å². The predicted octanol–water partition coefficient (Wildman–Crippen LogP) is 2.95. The first-order chi connectivity index (χ1) is 10.0. The molecule has 0 unspecified atom stereocenters. The van der Waals surface area contributed by atoms with Crippen molar-refractivity contribution in [2.75, 3.05) is 13.1 Å². The zero-order chi connectivity index (χ0) is 15.4. The first-order valence-corrected chi connectivity index (χ1v) is 7.29.